The monoisotopic (exact) mass is 420 g/mol. The summed E-state index contributed by atoms with van der Waals surface area (Å²) in [4.78, 5) is 11.7. The summed E-state index contributed by atoms with van der Waals surface area (Å²) in [6.07, 6.45) is 3.36. The first-order chi connectivity index (χ1) is 12.8. The molecule has 1 aromatic carbocycles. The van der Waals surface area contributed by atoms with Crippen molar-refractivity contribution in [1.29, 1.82) is 0 Å². The standard InChI is InChI=1S/C21H22ClFN2S2/c1-21(2,3)13-6-9-15-16(10-13)27-19-17(15)18(22)24-20(25-19)26-11-12-4-7-14(23)8-5-12/h4-5,7-8,13H,6,9-11H2,1-3H3. The van der Waals surface area contributed by atoms with Crippen LogP contribution >= 0.6 is 34.7 Å². The SMILES string of the molecule is CC(C)(C)C1CCc2c(sc3nc(SCc4ccc(F)cc4)nc(Cl)c23)C1. The minimum absolute atomic E-state index is 0.220. The summed E-state index contributed by atoms with van der Waals surface area (Å²) >= 11 is 9.87. The molecule has 0 saturated heterocycles. The van der Waals surface area contributed by atoms with E-state index in [0.717, 1.165) is 28.6 Å². The number of hydrogen-bond donors (Lipinski definition) is 0. The Hall–Kier alpha value is -1.17. The van der Waals surface area contributed by atoms with Gasteiger partial charge in [-0.1, -0.05) is 56.3 Å². The van der Waals surface area contributed by atoms with E-state index in [4.69, 9.17) is 16.6 Å². The average molecular weight is 421 g/mol. The molecule has 27 heavy (non-hydrogen) atoms. The van der Waals surface area contributed by atoms with Gasteiger partial charge in [0.1, 0.15) is 15.8 Å². The summed E-state index contributed by atoms with van der Waals surface area (Å²) in [5.41, 5.74) is 2.72. The van der Waals surface area contributed by atoms with Crippen molar-refractivity contribution >= 4 is 44.9 Å². The van der Waals surface area contributed by atoms with Gasteiger partial charge in [-0.05, 0) is 53.9 Å². The van der Waals surface area contributed by atoms with Crippen molar-refractivity contribution in [3.63, 3.8) is 0 Å². The third-order valence-corrected chi connectivity index (χ3v) is 7.69. The fourth-order valence-corrected chi connectivity index (χ4v) is 6.19. The lowest BCUT2D eigenvalue weighted by atomic mass is 9.72. The van der Waals surface area contributed by atoms with Gasteiger partial charge in [0.15, 0.2) is 5.16 Å². The van der Waals surface area contributed by atoms with Crippen molar-refractivity contribution in [3.05, 3.63) is 51.2 Å². The van der Waals surface area contributed by atoms with Crippen molar-refractivity contribution in [1.82, 2.24) is 9.97 Å². The average Bonchev–Trinajstić information content (AvgIpc) is 2.98. The molecule has 0 aliphatic heterocycles. The molecule has 2 heterocycles. The number of rotatable bonds is 3. The van der Waals surface area contributed by atoms with Crippen LogP contribution in [0.4, 0.5) is 4.39 Å². The molecule has 3 aromatic rings. The Morgan fingerprint density at radius 1 is 1.22 bits per heavy atom. The molecule has 4 rings (SSSR count). The number of fused-ring (bicyclic) bond motifs is 3. The van der Waals surface area contributed by atoms with Gasteiger partial charge in [-0.2, -0.15) is 0 Å². The molecule has 0 saturated carbocycles. The van der Waals surface area contributed by atoms with Crippen molar-refractivity contribution < 1.29 is 4.39 Å². The number of hydrogen-bond acceptors (Lipinski definition) is 4. The molecule has 1 atom stereocenters. The highest BCUT2D eigenvalue weighted by molar-refractivity contribution is 7.98. The number of halogens is 2. The molecule has 1 unspecified atom stereocenters. The molecule has 0 fully saturated rings. The highest BCUT2D eigenvalue weighted by Gasteiger charge is 2.31. The van der Waals surface area contributed by atoms with Gasteiger partial charge in [-0.15, -0.1) is 11.3 Å². The molecule has 2 aromatic heterocycles. The maximum absolute atomic E-state index is 13.0. The van der Waals surface area contributed by atoms with Gasteiger partial charge in [0.25, 0.3) is 0 Å². The van der Waals surface area contributed by atoms with Crippen LogP contribution < -0.4 is 0 Å². The highest BCUT2D eigenvalue weighted by atomic mass is 35.5. The van der Waals surface area contributed by atoms with Crippen LogP contribution in [0.5, 0.6) is 0 Å². The molecule has 2 nitrogen and oxygen atoms in total. The third-order valence-electron chi connectivity index (χ3n) is 5.35. The van der Waals surface area contributed by atoms with E-state index < -0.39 is 0 Å². The van der Waals surface area contributed by atoms with Gasteiger partial charge >= 0.3 is 0 Å². The molecule has 6 heteroatoms. The second-order valence-corrected chi connectivity index (χ2v) is 10.6. The Labute approximate surface area is 172 Å². The number of aromatic nitrogens is 2. The molecule has 0 radical (unpaired) electrons. The van der Waals surface area contributed by atoms with Crippen LogP contribution in [-0.2, 0) is 18.6 Å². The van der Waals surface area contributed by atoms with Gasteiger partial charge < -0.3 is 0 Å². The van der Waals surface area contributed by atoms with E-state index in [1.165, 1.54) is 40.8 Å². The Morgan fingerprint density at radius 2 is 1.96 bits per heavy atom. The number of nitrogens with zero attached hydrogens (tertiary/aromatic N) is 2. The quantitative estimate of drug-likeness (QED) is 0.261. The number of thioether (sulfide) groups is 1. The summed E-state index contributed by atoms with van der Waals surface area (Å²) in [6, 6.07) is 6.54. The van der Waals surface area contributed by atoms with Gasteiger partial charge in [-0.3, -0.25) is 0 Å². The lowest BCUT2D eigenvalue weighted by Crippen LogP contribution is -2.26. The molecule has 0 bridgehead atoms. The van der Waals surface area contributed by atoms with Gasteiger partial charge in [0.05, 0.1) is 5.39 Å². The predicted molar refractivity (Wildman–Crippen MR) is 113 cm³/mol. The topological polar surface area (TPSA) is 25.8 Å². The van der Waals surface area contributed by atoms with Crippen molar-refractivity contribution in [2.75, 3.05) is 0 Å². The van der Waals surface area contributed by atoms with Crippen LogP contribution in [0.25, 0.3) is 10.2 Å². The predicted octanol–water partition coefficient (Wildman–Crippen LogP) is 6.93. The second kappa shape index (κ2) is 7.34. The van der Waals surface area contributed by atoms with E-state index in [-0.39, 0.29) is 5.82 Å². The first kappa shape index (κ1) is 19.2. The normalized spacial score (nSPS) is 17.3. The highest BCUT2D eigenvalue weighted by Crippen LogP contribution is 2.44. The molecule has 0 spiro atoms. The summed E-state index contributed by atoms with van der Waals surface area (Å²) in [6.45, 7) is 6.98. The zero-order chi connectivity index (χ0) is 19.2. The largest absolute Gasteiger partial charge is 0.211 e. The van der Waals surface area contributed by atoms with E-state index in [2.05, 4.69) is 25.8 Å². The smallest absolute Gasteiger partial charge is 0.190 e. The summed E-state index contributed by atoms with van der Waals surface area (Å²) in [5, 5.41) is 2.30. The lowest BCUT2D eigenvalue weighted by Gasteiger charge is -2.33. The third kappa shape index (κ3) is 4.01. The van der Waals surface area contributed by atoms with Crippen molar-refractivity contribution in [3.8, 4) is 0 Å². The molecule has 142 valence electrons. The molecule has 1 aliphatic rings. The molecular weight excluding hydrogens is 399 g/mol. The summed E-state index contributed by atoms with van der Waals surface area (Å²) in [7, 11) is 0. The van der Waals surface area contributed by atoms with E-state index in [1.54, 1.807) is 23.5 Å². The van der Waals surface area contributed by atoms with E-state index >= 15 is 0 Å². The summed E-state index contributed by atoms with van der Waals surface area (Å²) in [5.74, 6) is 1.17. The second-order valence-electron chi connectivity index (χ2n) is 8.20. The van der Waals surface area contributed by atoms with E-state index in [9.17, 15) is 4.39 Å². The van der Waals surface area contributed by atoms with E-state index in [1.807, 2.05) is 0 Å². The Bertz CT molecular complexity index is 976. The first-order valence-corrected chi connectivity index (χ1v) is 11.3. The van der Waals surface area contributed by atoms with Crippen molar-refractivity contribution in [2.45, 2.75) is 50.9 Å². The number of aryl methyl sites for hydroxylation is 1. The molecular formula is C21H22ClFN2S2. The Kier molecular flexibility index (Phi) is 5.21. The Morgan fingerprint density at radius 3 is 2.67 bits per heavy atom. The van der Waals surface area contributed by atoms with Crippen LogP contribution in [0.15, 0.2) is 29.4 Å². The zero-order valence-corrected chi connectivity index (χ0v) is 18.1. The van der Waals surface area contributed by atoms with Gasteiger partial charge in [0.2, 0.25) is 0 Å². The molecule has 0 N–H and O–H groups in total. The fraction of sp³-hybridized carbons (Fsp3) is 0.429. The zero-order valence-electron chi connectivity index (χ0n) is 15.7. The maximum atomic E-state index is 13.0. The molecule has 0 amide bonds. The van der Waals surface area contributed by atoms with Crippen molar-refractivity contribution in [2.24, 2.45) is 11.3 Å². The number of thiophene rings is 1. The van der Waals surface area contributed by atoms with Crippen LogP contribution in [0.3, 0.4) is 0 Å². The van der Waals surface area contributed by atoms with Crippen LogP contribution in [-0.4, -0.2) is 9.97 Å². The number of benzene rings is 1. The van der Waals surface area contributed by atoms with E-state index in [0.29, 0.717) is 27.4 Å². The minimum Gasteiger partial charge on any atom is -0.211 e. The van der Waals surface area contributed by atoms with Crippen LogP contribution in [0, 0.1) is 17.2 Å². The van der Waals surface area contributed by atoms with Gasteiger partial charge in [0, 0.05) is 10.6 Å². The first-order valence-electron chi connectivity index (χ1n) is 9.16. The maximum Gasteiger partial charge on any atom is 0.190 e. The van der Waals surface area contributed by atoms with Crippen LogP contribution in [0.1, 0.15) is 43.2 Å². The molecule has 1 aliphatic carbocycles. The summed E-state index contributed by atoms with van der Waals surface area (Å²) < 4.78 is 13.0. The van der Waals surface area contributed by atoms with Crippen LogP contribution in [0.2, 0.25) is 5.15 Å². The fourth-order valence-electron chi connectivity index (χ4n) is 3.65. The van der Waals surface area contributed by atoms with Gasteiger partial charge in [-0.25, -0.2) is 14.4 Å². The lowest BCUT2D eigenvalue weighted by molar-refractivity contribution is 0.218. The minimum atomic E-state index is -0.220. The Balaban J connectivity index is 1.60.